The topological polar surface area (TPSA) is 23.8 Å². The second-order valence-corrected chi connectivity index (χ2v) is 6.78. The Balaban J connectivity index is 1.67. The highest BCUT2D eigenvalue weighted by molar-refractivity contribution is 5.77. The van der Waals surface area contributed by atoms with Crippen molar-refractivity contribution < 1.29 is 0 Å². The molecule has 1 saturated heterocycles. The third kappa shape index (κ3) is 3.23. The van der Waals surface area contributed by atoms with Gasteiger partial charge in [0.15, 0.2) is 0 Å². The minimum Gasteiger partial charge on any atom is -0.315 e. The van der Waals surface area contributed by atoms with Crippen molar-refractivity contribution in [1.29, 1.82) is 0 Å². The number of likely N-dealkylation sites (N-methyl/N-ethyl adjacent to an activating group) is 1. The third-order valence-electron chi connectivity index (χ3n) is 5.00. The highest BCUT2D eigenvalue weighted by Gasteiger charge is 2.15. The highest BCUT2D eigenvalue weighted by atomic mass is 15.2. The van der Waals surface area contributed by atoms with Crippen LogP contribution >= 0.6 is 0 Å². The molecule has 4 rings (SSSR count). The second kappa shape index (κ2) is 6.82. The molecule has 1 aliphatic heterocycles. The van der Waals surface area contributed by atoms with Crippen LogP contribution < -0.4 is 0 Å². The molecule has 25 heavy (non-hydrogen) atoms. The summed E-state index contributed by atoms with van der Waals surface area (Å²) in [5.74, 6) is 0. The first kappa shape index (κ1) is 16.1. The average molecular weight is 332 g/mol. The molecule has 0 radical (unpaired) electrons. The molecule has 0 spiro atoms. The third-order valence-corrected chi connectivity index (χ3v) is 5.00. The summed E-state index contributed by atoms with van der Waals surface area (Å²) in [5, 5.41) is 0. The second-order valence-electron chi connectivity index (χ2n) is 6.78. The highest BCUT2D eigenvalue weighted by Crippen LogP contribution is 2.27. The van der Waals surface area contributed by atoms with Crippen LogP contribution in [0.1, 0.15) is 11.1 Å². The van der Waals surface area contributed by atoms with Crippen molar-refractivity contribution in [2.45, 2.75) is 6.54 Å². The maximum absolute atomic E-state index is 4.65. The molecule has 4 heterocycles. The minimum absolute atomic E-state index is 0.982. The van der Waals surface area contributed by atoms with Crippen molar-refractivity contribution in [3.8, 4) is 11.4 Å². The Morgan fingerprint density at radius 3 is 2.76 bits per heavy atom. The van der Waals surface area contributed by atoms with Crippen LogP contribution in [0.5, 0.6) is 0 Å². The molecule has 0 aliphatic carbocycles. The zero-order valence-electron chi connectivity index (χ0n) is 14.7. The van der Waals surface area contributed by atoms with Crippen molar-refractivity contribution in [1.82, 2.24) is 19.2 Å². The number of piperazine rings is 1. The Labute approximate surface area is 149 Å². The summed E-state index contributed by atoms with van der Waals surface area (Å²) in [6.45, 7) is 9.50. The maximum atomic E-state index is 4.65. The van der Waals surface area contributed by atoms with Gasteiger partial charge in [-0.15, -0.1) is 0 Å². The molecule has 0 atom stereocenters. The molecular weight excluding hydrogens is 308 g/mol. The molecular formula is C21H24N4. The molecule has 4 nitrogen and oxygen atoms in total. The van der Waals surface area contributed by atoms with Gasteiger partial charge in [-0.25, -0.2) is 0 Å². The lowest BCUT2D eigenvalue weighted by Crippen LogP contribution is -2.43. The number of aromatic nitrogens is 2. The molecule has 0 N–H and O–H groups in total. The van der Waals surface area contributed by atoms with E-state index in [0.29, 0.717) is 0 Å². The first-order chi connectivity index (χ1) is 12.2. The van der Waals surface area contributed by atoms with Gasteiger partial charge >= 0.3 is 0 Å². The van der Waals surface area contributed by atoms with Crippen LogP contribution in [-0.4, -0.2) is 52.4 Å². The van der Waals surface area contributed by atoms with Crippen molar-refractivity contribution in [2.24, 2.45) is 0 Å². The van der Waals surface area contributed by atoms with Gasteiger partial charge in [0.1, 0.15) is 0 Å². The average Bonchev–Trinajstić information content (AvgIpc) is 3.02. The van der Waals surface area contributed by atoms with E-state index in [2.05, 4.69) is 75.4 Å². The smallest absolute Gasteiger partial charge is 0.0879 e. The Hall–Kier alpha value is -2.43. The maximum Gasteiger partial charge on any atom is 0.0879 e. The van der Waals surface area contributed by atoms with E-state index >= 15 is 0 Å². The molecule has 0 amide bonds. The van der Waals surface area contributed by atoms with Gasteiger partial charge < -0.3 is 9.30 Å². The fraction of sp³-hybridized carbons (Fsp3) is 0.286. The van der Waals surface area contributed by atoms with E-state index in [-0.39, 0.29) is 0 Å². The van der Waals surface area contributed by atoms with Crippen molar-refractivity contribution >= 4 is 11.6 Å². The predicted octanol–water partition coefficient (Wildman–Crippen LogP) is 3.39. The van der Waals surface area contributed by atoms with E-state index in [1.807, 2.05) is 12.3 Å². The molecule has 0 saturated carbocycles. The van der Waals surface area contributed by atoms with Gasteiger partial charge in [0, 0.05) is 56.2 Å². The summed E-state index contributed by atoms with van der Waals surface area (Å²) in [6.07, 6.45) is 5.93. The van der Waals surface area contributed by atoms with E-state index in [1.54, 1.807) is 0 Å². The van der Waals surface area contributed by atoms with Crippen LogP contribution in [0.3, 0.4) is 0 Å². The van der Waals surface area contributed by atoms with E-state index in [1.165, 1.54) is 11.1 Å². The van der Waals surface area contributed by atoms with Crippen LogP contribution in [0, 0.1) is 0 Å². The molecule has 3 aromatic rings. The normalized spacial score (nSPS) is 16.4. The number of rotatable bonds is 4. The van der Waals surface area contributed by atoms with Crippen molar-refractivity contribution in [3.05, 3.63) is 66.5 Å². The molecule has 0 aromatic carbocycles. The number of nitrogens with zero attached hydrogens (tertiary/aromatic N) is 4. The van der Waals surface area contributed by atoms with Gasteiger partial charge in [-0.3, -0.25) is 9.88 Å². The van der Waals surface area contributed by atoms with Gasteiger partial charge in [0.2, 0.25) is 0 Å². The van der Waals surface area contributed by atoms with Gasteiger partial charge in [0.05, 0.1) is 11.4 Å². The summed E-state index contributed by atoms with van der Waals surface area (Å²) in [4.78, 5) is 9.55. The Morgan fingerprint density at radius 1 is 1.12 bits per heavy atom. The largest absolute Gasteiger partial charge is 0.315 e. The van der Waals surface area contributed by atoms with Gasteiger partial charge in [-0.05, 0) is 42.9 Å². The summed E-state index contributed by atoms with van der Waals surface area (Å²) < 4.78 is 2.19. The van der Waals surface area contributed by atoms with Crippen LogP contribution in [0.15, 0.2) is 55.4 Å². The zero-order chi connectivity index (χ0) is 17.2. The molecule has 1 fully saturated rings. The molecule has 128 valence electrons. The quantitative estimate of drug-likeness (QED) is 0.732. The van der Waals surface area contributed by atoms with Crippen molar-refractivity contribution in [2.75, 3.05) is 33.2 Å². The van der Waals surface area contributed by atoms with Crippen LogP contribution in [0.2, 0.25) is 0 Å². The number of hydrogen-bond donors (Lipinski definition) is 0. The molecule has 0 unspecified atom stereocenters. The zero-order valence-corrected chi connectivity index (χ0v) is 14.7. The summed E-state index contributed by atoms with van der Waals surface area (Å²) in [5.41, 5.74) is 5.73. The molecule has 1 aliphatic rings. The number of fused-ring (bicyclic) bond motifs is 1. The first-order valence-corrected chi connectivity index (χ1v) is 8.83. The van der Waals surface area contributed by atoms with E-state index < -0.39 is 0 Å². The Kier molecular flexibility index (Phi) is 4.38. The summed E-state index contributed by atoms with van der Waals surface area (Å²) >= 11 is 0. The summed E-state index contributed by atoms with van der Waals surface area (Å²) in [7, 11) is 2.19. The van der Waals surface area contributed by atoms with E-state index in [4.69, 9.17) is 0 Å². The Morgan fingerprint density at radius 2 is 1.96 bits per heavy atom. The van der Waals surface area contributed by atoms with Gasteiger partial charge in [-0.2, -0.15) is 0 Å². The lowest BCUT2D eigenvalue weighted by Gasteiger charge is -2.32. The van der Waals surface area contributed by atoms with Gasteiger partial charge in [-0.1, -0.05) is 18.7 Å². The standard InChI is InChI=1S/C21H24N4/c1-3-18-15-19-6-4-5-9-25(19)21(18)20-14-17(7-8-22-20)16-24-12-10-23(2)11-13-24/h3-9,14-15H,1,10-13,16H2,2H3. The number of pyridine rings is 2. The van der Waals surface area contributed by atoms with E-state index in [9.17, 15) is 0 Å². The van der Waals surface area contributed by atoms with Gasteiger partial charge in [0.25, 0.3) is 0 Å². The van der Waals surface area contributed by atoms with E-state index in [0.717, 1.165) is 49.7 Å². The lowest BCUT2D eigenvalue weighted by molar-refractivity contribution is 0.148. The predicted molar refractivity (Wildman–Crippen MR) is 103 cm³/mol. The summed E-state index contributed by atoms with van der Waals surface area (Å²) in [6, 6.07) is 12.7. The molecule has 4 heteroatoms. The molecule has 0 bridgehead atoms. The Bertz CT molecular complexity index is 888. The molecule has 3 aromatic heterocycles. The fourth-order valence-electron chi connectivity index (χ4n) is 3.54. The lowest BCUT2D eigenvalue weighted by atomic mass is 10.1. The number of hydrogen-bond acceptors (Lipinski definition) is 3. The fourth-order valence-corrected chi connectivity index (χ4v) is 3.54. The SMILES string of the molecule is C=Cc1cc2ccccn2c1-c1cc(CN2CCN(C)CC2)ccn1. The van der Waals surface area contributed by atoms with Crippen LogP contribution in [-0.2, 0) is 6.54 Å². The van der Waals surface area contributed by atoms with Crippen molar-refractivity contribution in [3.63, 3.8) is 0 Å². The first-order valence-electron chi connectivity index (χ1n) is 8.83. The van der Waals surface area contributed by atoms with Crippen LogP contribution in [0.4, 0.5) is 0 Å². The minimum atomic E-state index is 0.982. The monoisotopic (exact) mass is 332 g/mol. The van der Waals surface area contributed by atoms with Crippen LogP contribution in [0.25, 0.3) is 23.0 Å².